The lowest BCUT2D eigenvalue weighted by atomic mass is 9.92. The summed E-state index contributed by atoms with van der Waals surface area (Å²) in [4.78, 5) is 61.0. The Bertz CT molecular complexity index is 1830. The zero-order valence-electron chi connectivity index (χ0n) is 51.6. The molecule has 3 saturated heterocycles. The first-order valence-electron chi connectivity index (χ1n) is 30.0. The van der Waals surface area contributed by atoms with Gasteiger partial charge in [0.2, 0.25) is 29.5 Å². The van der Waals surface area contributed by atoms with E-state index in [0.29, 0.717) is 0 Å². The monoisotopic (exact) mass is 1300 g/mol. The molecule has 89 heavy (non-hydrogen) atoms. The third-order valence-electron chi connectivity index (χ3n) is 13.8. The van der Waals surface area contributed by atoms with E-state index in [0.717, 1.165) is 0 Å². The minimum Gasteiger partial charge on any atom is -0.394 e. The fourth-order valence-corrected chi connectivity index (χ4v) is 8.90. The van der Waals surface area contributed by atoms with Gasteiger partial charge in [-0.1, -0.05) is 13.8 Å². The van der Waals surface area contributed by atoms with Gasteiger partial charge in [0.1, 0.15) is 60.9 Å². The van der Waals surface area contributed by atoms with Crippen molar-refractivity contribution in [3.8, 4) is 0 Å². The van der Waals surface area contributed by atoms with Crippen LogP contribution >= 0.6 is 0 Å². The van der Waals surface area contributed by atoms with Gasteiger partial charge in [0.25, 0.3) is 0 Å². The van der Waals surface area contributed by atoms with E-state index in [9.17, 15) is 69.9 Å². The van der Waals surface area contributed by atoms with Crippen LogP contribution in [0.2, 0.25) is 0 Å². The normalized spacial score (nSPS) is 27.8. The van der Waals surface area contributed by atoms with E-state index in [1.165, 1.54) is 13.8 Å². The molecule has 3 heterocycles. The quantitative estimate of drug-likeness (QED) is 0.0252. The summed E-state index contributed by atoms with van der Waals surface area (Å²) in [5.41, 5.74) is -0.756. The van der Waals surface area contributed by atoms with Crippen molar-refractivity contribution < 1.29 is 141 Å². The van der Waals surface area contributed by atoms with Crippen LogP contribution in [0.4, 0.5) is 0 Å². The van der Waals surface area contributed by atoms with E-state index in [2.05, 4.69) is 26.6 Å². The molecule has 3 aliphatic rings. The highest BCUT2D eigenvalue weighted by Crippen LogP contribution is 2.27. The molecule has 0 aromatic heterocycles. The van der Waals surface area contributed by atoms with Crippen LogP contribution in [-0.2, 0) is 95.0 Å². The van der Waals surface area contributed by atoms with Gasteiger partial charge in [-0.15, -0.1) is 0 Å². The predicted molar refractivity (Wildman–Crippen MR) is 304 cm³/mol. The fraction of sp³-hybridized carbons (Fsp3) is 0.909. The maximum absolute atomic E-state index is 12.6. The zero-order valence-corrected chi connectivity index (χ0v) is 51.6. The Morgan fingerprint density at radius 3 is 0.978 bits per heavy atom. The molecule has 0 saturated carbocycles. The van der Waals surface area contributed by atoms with Crippen molar-refractivity contribution in [2.75, 3.05) is 178 Å². The molecule has 5 amide bonds. The molecule has 3 rings (SSSR count). The van der Waals surface area contributed by atoms with E-state index < -0.39 is 129 Å². The van der Waals surface area contributed by atoms with Crippen LogP contribution in [0.15, 0.2) is 0 Å². The number of amides is 5. The summed E-state index contributed by atoms with van der Waals surface area (Å²) in [6.07, 6.45) is -14.2. The van der Waals surface area contributed by atoms with Crippen LogP contribution in [-0.4, -0.2) is 340 Å². The van der Waals surface area contributed by atoms with Crippen LogP contribution in [0, 0.1) is 11.3 Å². The van der Waals surface area contributed by atoms with Gasteiger partial charge in [-0.2, -0.15) is 0 Å². The molecule has 34 nitrogen and oxygen atoms in total. The Kier molecular flexibility index (Phi) is 41.6. The van der Waals surface area contributed by atoms with Gasteiger partial charge in [-0.25, -0.2) is 0 Å². The largest absolute Gasteiger partial charge is 0.394 e. The van der Waals surface area contributed by atoms with Gasteiger partial charge in [-0.05, 0) is 0 Å². The van der Waals surface area contributed by atoms with Crippen molar-refractivity contribution >= 4 is 29.5 Å². The van der Waals surface area contributed by atoms with Gasteiger partial charge in [0, 0.05) is 64.1 Å². The highest BCUT2D eigenvalue weighted by molar-refractivity contribution is 5.76. The van der Waals surface area contributed by atoms with E-state index in [1.54, 1.807) is 6.92 Å². The summed E-state index contributed by atoms with van der Waals surface area (Å²) in [5.74, 6) is -2.29. The highest BCUT2D eigenvalue weighted by atomic mass is 16.7. The van der Waals surface area contributed by atoms with Gasteiger partial charge < -0.3 is 144 Å². The summed E-state index contributed by atoms with van der Waals surface area (Å²) in [5, 5.41) is 103. The van der Waals surface area contributed by atoms with Crippen LogP contribution in [0.5, 0.6) is 0 Å². The first-order valence-corrected chi connectivity index (χ1v) is 30.0. The fourth-order valence-electron chi connectivity index (χ4n) is 8.90. The molecular formula is C55H101N5O29. The molecule has 0 aromatic rings. The molecule has 3 aliphatic heterocycles. The van der Waals surface area contributed by atoms with Crippen LogP contribution < -0.4 is 26.6 Å². The number of aliphatic hydroxyl groups is 9. The first-order chi connectivity index (χ1) is 42.7. The third kappa shape index (κ3) is 32.2. The second kappa shape index (κ2) is 46.5. The van der Waals surface area contributed by atoms with Gasteiger partial charge >= 0.3 is 0 Å². The van der Waals surface area contributed by atoms with Crippen molar-refractivity contribution in [3.63, 3.8) is 0 Å². The molecule has 0 aromatic carbocycles. The van der Waals surface area contributed by atoms with Crippen molar-refractivity contribution in [1.29, 1.82) is 0 Å². The molecule has 3 fully saturated rings. The van der Waals surface area contributed by atoms with Crippen LogP contribution in [0.1, 0.15) is 47.0 Å². The van der Waals surface area contributed by atoms with Crippen molar-refractivity contribution in [2.24, 2.45) is 11.3 Å². The number of carbonyl (C=O) groups excluding carboxylic acids is 5. The number of hydrogen-bond donors (Lipinski definition) is 14. The van der Waals surface area contributed by atoms with E-state index in [1.807, 2.05) is 6.92 Å². The molecular weight excluding hydrogens is 1190 g/mol. The molecule has 0 spiro atoms. The summed E-state index contributed by atoms with van der Waals surface area (Å²) < 4.78 is 84.1. The summed E-state index contributed by atoms with van der Waals surface area (Å²) >= 11 is 0. The lowest BCUT2D eigenvalue weighted by Crippen LogP contribution is -2.64. The molecule has 15 atom stereocenters. The minimum absolute atomic E-state index is 0.00396. The van der Waals surface area contributed by atoms with Crippen LogP contribution in [0.25, 0.3) is 0 Å². The maximum atomic E-state index is 12.6. The molecule has 0 aliphatic carbocycles. The predicted octanol–water partition coefficient (Wildman–Crippen LogP) is -7.33. The summed E-state index contributed by atoms with van der Waals surface area (Å²) in [6.45, 7) is 8.06. The average Bonchev–Trinajstić information content (AvgIpc) is 1.61. The number of ether oxygens (including phenoxy) is 15. The second-order valence-electron chi connectivity index (χ2n) is 21.5. The average molecular weight is 1300 g/mol. The number of hydrogen-bond acceptors (Lipinski definition) is 29. The third-order valence-corrected chi connectivity index (χ3v) is 13.8. The Balaban J connectivity index is 1.29. The Morgan fingerprint density at radius 1 is 0.382 bits per heavy atom. The number of rotatable bonds is 50. The Hall–Kier alpha value is -3.61. The molecule has 520 valence electrons. The highest BCUT2D eigenvalue weighted by Gasteiger charge is 2.47. The van der Waals surface area contributed by atoms with Crippen molar-refractivity contribution in [3.05, 3.63) is 0 Å². The van der Waals surface area contributed by atoms with E-state index in [4.69, 9.17) is 71.1 Å². The lowest BCUT2D eigenvalue weighted by Gasteiger charge is -2.42. The van der Waals surface area contributed by atoms with Crippen molar-refractivity contribution in [2.45, 2.75) is 133 Å². The van der Waals surface area contributed by atoms with Gasteiger partial charge in [0.05, 0.1) is 165 Å². The number of carbonyl (C=O) groups is 5. The van der Waals surface area contributed by atoms with Crippen LogP contribution in [0.3, 0.4) is 0 Å². The molecule has 14 N–H and O–H groups in total. The Labute approximate surface area is 518 Å². The second-order valence-corrected chi connectivity index (χ2v) is 21.5. The SMILES string of the molecule is CC(=O)NC1C(OCCOCCOCCNC(=O)CCOCC(C)(COCCC(=O)NCCOCCOCCOC2OC(CO)C(O)C(O)C2C)COCCC(=O)NCCOCCOCCOC2OC(CO)C(O)C(O)C2NC(C)=O)OC(CO)C(O)C1O. The van der Waals surface area contributed by atoms with Gasteiger partial charge in [0.15, 0.2) is 18.9 Å². The standard InChI is InChI=1S/C55H101N5O29/c1-35-46(69)47(70)38(29-61)87-52(35)84-26-23-78-20-17-75-14-8-56-41(66)5-11-81-32-55(4,33-82-12-6-42(67)57-9-15-76-18-21-79-24-27-85-53-44(59-36(2)64)50(73)48(71)39(30-62)88-53)34-83-13-7-43(68)58-10-16-77-19-22-80-25-28-86-54-45(60-37(3)65)51(74)49(72)40(31-63)89-54/h35,38-40,44-54,61-63,69-74H,5-34H2,1-4H3,(H,56,66)(H,57,67)(H,58,68)(H,59,64)(H,60,65). The van der Waals surface area contributed by atoms with E-state index >= 15 is 0 Å². The maximum Gasteiger partial charge on any atom is 0.222 e. The van der Waals surface area contributed by atoms with Gasteiger partial charge in [-0.3, -0.25) is 24.0 Å². The lowest BCUT2D eigenvalue weighted by molar-refractivity contribution is -0.284. The zero-order chi connectivity index (χ0) is 65.4. The van der Waals surface area contributed by atoms with Crippen molar-refractivity contribution in [1.82, 2.24) is 26.6 Å². The first kappa shape index (κ1) is 79.6. The summed E-state index contributed by atoms with van der Waals surface area (Å²) in [7, 11) is 0. The topological polar surface area (TPSA) is 466 Å². The molecule has 0 bridgehead atoms. The summed E-state index contributed by atoms with van der Waals surface area (Å²) in [6, 6.07) is -2.14. The molecule has 0 radical (unpaired) electrons. The minimum atomic E-state index is -1.43. The molecule has 34 heteroatoms. The number of nitrogens with one attached hydrogen (secondary N) is 5. The molecule has 15 unspecified atom stereocenters. The number of aliphatic hydroxyl groups excluding tert-OH is 9. The smallest absolute Gasteiger partial charge is 0.222 e. The Morgan fingerprint density at radius 2 is 0.663 bits per heavy atom. The van der Waals surface area contributed by atoms with E-state index in [-0.39, 0.29) is 195 Å².